The van der Waals surface area contributed by atoms with Gasteiger partial charge in [-0.1, -0.05) is 11.6 Å². The lowest BCUT2D eigenvalue weighted by Crippen LogP contribution is -1.97. The molecule has 0 atom stereocenters. The second kappa shape index (κ2) is 3.24. The fourth-order valence-electron chi connectivity index (χ4n) is 1.63. The quantitative estimate of drug-likeness (QED) is 0.787. The van der Waals surface area contributed by atoms with Crippen molar-refractivity contribution >= 4 is 28.5 Å². The maximum atomic E-state index is 13.1. The van der Waals surface area contributed by atoms with Gasteiger partial charge in [0.15, 0.2) is 0 Å². The van der Waals surface area contributed by atoms with Crippen molar-refractivity contribution in [2.24, 2.45) is 0 Å². The lowest BCUT2D eigenvalue weighted by molar-refractivity contribution is 0.0698. The molecule has 78 valence electrons. The van der Waals surface area contributed by atoms with Crippen molar-refractivity contribution in [1.82, 2.24) is 4.98 Å². The normalized spacial score (nSPS) is 10.9. The van der Waals surface area contributed by atoms with Gasteiger partial charge in [-0.05, 0) is 19.1 Å². The molecule has 2 aromatic rings. The van der Waals surface area contributed by atoms with E-state index in [1.165, 1.54) is 0 Å². The van der Waals surface area contributed by atoms with E-state index in [0.717, 1.165) is 12.1 Å². The van der Waals surface area contributed by atoms with Crippen LogP contribution in [0, 0.1) is 12.7 Å². The lowest BCUT2D eigenvalue weighted by atomic mass is 10.1. The molecule has 0 saturated carbocycles. The summed E-state index contributed by atoms with van der Waals surface area (Å²) in [4.78, 5) is 13.8. The molecule has 2 rings (SSSR count). The van der Waals surface area contributed by atoms with Crippen LogP contribution in [0.15, 0.2) is 12.1 Å². The van der Waals surface area contributed by atoms with Gasteiger partial charge in [0.25, 0.3) is 0 Å². The fourth-order valence-corrected chi connectivity index (χ4v) is 1.88. The second-order valence-corrected chi connectivity index (χ2v) is 3.65. The summed E-state index contributed by atoms with van der Waals surface area (Å²) in [5.74, 6) is -1.64. The average Bonchev–Trinajstić information content (AvgIpc) is 2.41. The Kier molecular flexibility index (Phi) is 2.16. The van der Waals surface area contributed by atoms with Crippen molar-refractivity contribution in [3.63, 3.8) is 0 Å². The highest BCUT2D eigenvalue weighted by atomic mass is 35.5. The van der Waals surface area contributed by atoms with Gasteiger partial charge >= 0.3 is 5.97 Å². The molecule has 0 unspecified atom stereocenters. The van der Waals surface area contributed by atoms with Gasteiger partial charge in [0, 0.05) is 11.1 Å². The number of nitrogens with one attached hydrogen (secondary N) is 1. The number of halogens is 2. The van der Waals surface area contributed by atoms with Crippen LogP contribution in [-0.4, -0.2) is 16.1 Å². The maximum absolute atomic E-state index is 13.1. The Labute approximate surface area is 89.5 Å². The summed E-state index contributed by atoms with van der Waals surface area (Å²) < 4.78 is 13.1. The SMILES string of the molecule is Cc1[nH]c2c(Cl)cc(F)cc2c1C(=O)O. The van der Waals surface area contributed by atoms with Gasteiger partial charge in [-0.2, -0.15) is 0 Å². The van der Waals surface area contributed by atoms with Crippen LogP contribution in [0.4, 0.5) is 4.39 Å². The monoisotopic (exact) mass is 227 g/mol. The maximum Gasteiger partial charge on any atom is 0.338 e. The first kappa shape index (κ1) is 9.98. The summed E-state index contributed by atoms with van der Waals surface area (Å²) >= 11 is 5.79. The number of benzene rings is 1. The molecular formula is C10H7ClFNO2. The Balaban J connectivity index is 2.93. The zero-order chi connectivity index (χ0) is 11.2. The summed E-state index contributed by atoms with van der Waals surface area (Å²) in [6.45, 7) is 1.61. The molecule has 0 amide bonds. The first-order chi connectivity index (χ1) is 7.00. The number of rotatable bonds is 1. The van der Waals surface area contributed by atoms with Crippen LogP contribution >= 0.6 is 11.6 Å². The Hall–Kier alpha value is -1.55. The van der Waals surface area contributed by atoms with E-state index in [2.05, 4.69) is 4.98 Å². The van der Waals surface area contributed by atoms with Crippen LogP contribution in [0.5, 0.6) is 0 Å². The zero-order valence-corrected chi connectivity index (χ0v) is 8.52. The van der Waals surface area contributed by atoms with Gasteiger partial charge in [0.2, 0.25) is 0 Å². The summed E-state index contributed by atoms with van der Waals surface area (Å²) in [7, 11) is 0. The standard InChI is InChI=1S/C10H7ClFNO2/c1-4-8(10(14)15)6-2-5(12)3-7(11)9(6)13-4/h2-3,13H,1H3,(H,14,15). The van der Waals surface area contributed by atoms with E-state index in [1.807, 2.05) is 0 Å². The first-order valence-electron chi connectivity index (χ1n) is 4.21. The number of aryl methyl sites for hydroxylation is 1. The molecule has 0 radical (unpaired) electrons. The number of aromatic carboxylic acids is 1. The Morgan fingerprint density at radius 2 is 2.20 bits per heavy atom. The molecule has 0 aliphatic carbocycles. The van der Waals surface area contributed by atoms with Crippen LogP contribution in [0.3, 0.4) is 0 Å². The Morgan fingerprint density at radius 1 is 1.53 bits per heavy atom. The number of carbonyl (C=O) groups is 1. The third-order valence-electron chi connectivity index (χ3n) is 2.23. The van der Waals surface area contributed by atoms with E-state index in [-0.39, 0.29) is 10.6 Å². The smallest absolute Gasteiger partial charge is 0.338 e. The van der Waals surface area contributed by atoms with Crippen molar-refractivity contribution in [3.8, 4) is 0 Å². The van der Waals surface area contributed by atoms with Crippen LogP contribution in [-0.2, 0) is 0 Å². The van der Waals surface area contributed by atoms with E-state index in [0.29, 0.717) is 16.6 Å². The Bertz CT molecular complexity index is 562. The molecule has 0 saturated heterocycles. The molecule has 0 bridgehead atoms. The summed E-state index contributed by atoms with van der Waals surface area (Å²) in [6.07, 6.45) is 0. The number of aromatic nitrogens is 1. The predicted molar refractivity (Wildman–Crippen MR) is 55.0 cm³/mol. The minimum atomic E-state index is -1.10. The van der Waals surface area contributed by atoms with Crippen LogP contribution in [0.2, 0.25) is 5.02 Å². The molecule has 0 spiro atoms. The minimum absolute atomic E-state index is 0.0615. The molecular weight excluding hydrogens is 221 g/mol. The number of fused-ring (bicyclic) bond motifs is 1. The van der Waals surface area contributed by atoms with Gasteiger partial charge in [0.05, 0.1) is 16.1 Å². The average molecular weight is 228 g/mol. The molecule has 5 heteroatoms. The van der Waals surface area contributed by atoms with Crippen molar-refractivity contribution in [1.29, 1.82) is 0 Å². The van der Waals surface area contributed by atoms with Crippen molar-refractivity contribution < 1.29 is 14.3 Å². The third kappa shape index (κ3) is 1.47. The van der Waals surface area contributed by atoms with Crippen molar-refractivity contribution in [2.75, 3.05) is 0 Å². The molecule has 2 N–H and O–H groups in total. The highest BCUT2D eigenvalue weighted by Crippen LogP contribution is 2.29. The number of H-pyrrole nitrogens is 1. The van der Waals surface area contributed by atoms with Crippen LogP contribution in [0.1, 0.15) is 16.1 Å². The number of hydrogen-bond donors (Lipinski definition) is 2. The van der Waals surface area contributed by atoms with Crippen LogP contribution < -0.4 is 0 Å². The van der Waals surface area contributed by atoms with Gasteiger partial charge < -0.3 is 10.1 Å². The second-order valence-electron chi connectivity index (χ2n) is 3.24. The van der Waals surface area contributed by atoms with E-state index in [9.17, 15) is 9.18 Å². The zero-order valence-electron chi connectivity index (χ0n) is 7.77. The first-order valence-corrected chi connectivity index (χ1v) is 4.59. The largest absolute Gasteiger partial charge is 0.478 e. The fraction of sp³-hybridized carbons (Fsp3) is 0.100. The summed E-state index contributed by atoms with van der Waals surface area (Å²) in [5.41, 5.74) is 0.976. The van der Waals surface area contributed by atoms with Crippen molar-refractivity contribution in [3.05, 3.63) is 34.2 Å². The lowest BCUT2D eigenvalue weighted by Gasteiger charge is -1.96. The van der Waals surface area contributed by atoms with E-state index in [4.69, 9.17) is 16.7 Å². The minimum Gasteiger partial charge on any atom is -0.478 e. The number of carboxylic acid groups (broad SMARTS) is 1. The van der Waals surface area contributed by atoms with E-state index < -0.39 is 11.8 Å². The Morgan fingerprint density at radius 3 is 2.80 bits per heavy atom. The van der Waals surface area contributed by atoms with Gasteiger partial charge in [-0.25, -0.2) is 9.18 Å². The number of aromatic amines is 1. The predicted octanol–water partition coefficient (Wildman–Crippen LogP) is 2.97. The molecule has 0 aliphatic rings. The topological polar surface area (TPSA) is 53.1 Å². The van der Waals surface area contributed by atoms with Crippen molar-refractivity contribution in [2.45, 2.75) is 6.92 Å². The molecule has 0 fully saturated rings. The van der Waals surface area contributed by atoms with Crippen LogP contribution in [0.25, 0.3) is 10.9 Å². The summed E-state index contributed by atoms with van der Waals surface area (Å²) in [5, 5.41) is 9.43. The summed E-state index contributed by atoms with van der Waals surface area (Å²) in [6, 6.07) is 2.31. The van der Waals surface area contributed by atoms with E-state index in [1.54, 1.807) is 6.92 Å². The third-order valence-corrected chi connectivity index (χ3v) is 2.52. The molecule has 0 aliphatic heterocycles. The number of carboxylic acids is 1. The number of hydrogen-bond acceptors (Lipinski definition) is 1. The molecule has 1 aromatic heterocycles. The van der Waals surface area contributed by atoms with Gasteiger partial charge in [-0.15, -0.1) is 0 Å². The molecule has 15 heavy (non-hydrogen) atoms. The van der Waals surface area contributed by atoms with Gasteiger partial charge in [0.1, 0.15) is 5.82 Å². The highest BCUT2D eigenvalue weighted by molar-refractivity contribution is 6.35. The molecule has 1 heterocycles. The molecule has 1 aromatic carbocycles. The highest BCUT2D eigenvalue weighted by Gasteiger charge is 2.17. The molecule has 3 nitrogen and oxygen atoms in total. The van der Waals surface area contributed by atoms with Gasteiger partial charge in [-0.3, -0.25) is 0 Å². The van der Waals surface area contributed by atoms with E-state index >= 15 is 0 Å².